The lowest BCUT2D eigenvalue weighted by Crippen LogP contribution is -2.45. The van der Waals surface area contributed by atoms with E-state index in [1.54, 1.807) is 0 Å². The number of hydrogen-bond donors (Lipinski definition) is 3. The van der Waals surface area contributed by atoms with Crippen LogP contribution < -0.4 is 16.0 Å². The summed E-state index contributed by atoms with van der Waals surface area (Å²) in [7, 11) is 0. The molecule has 1 atom stereocenters. The average molecular weight is 239 g/mol. The molecule has 0 bridgehead atoms. The normalized spacial score (nSPS) is 20.8. The van der Waals surface area contributed by atoms with Crippen LogP contribution in [0.3, 0.4) is 0 Å². The van der Waals surface area contributed by atoms with E-state index in [1.165, 1.54) is 0 Å². The summed E-state index contributed by atoms with van der Waals surface area (Å²) in [5.41, 5.74) is 0. The Morgan fingerprint density at radius 2 is 1.88 bits per heavy atom. The fourth-order valence-electron chi connectivity index (χ4n) is 1.61. The molecule has 2 amide bonds. The zero-order valence-electron chi connectivity index (χ0n) is 10.3. The van der Waals surface area contributed by atoms with Crippen molar-refractivity contribution in [3.63, 3.8) is 0 Å². The van der Waals surface area contributed by atoms with E-state index in [-0.39, 0.29) is 23.8 Å². The molecule has 3 N–H and O–H groups in total. The van der Waals surface area contributed by atoms with Crippen molar-refractivity contribution in [1.29, 1.82) is 0 Å². The summed E-state index contributed by atoms with van der Waals surface area (Å²) in [6.07, 6.45) is 4.27. The molecule has 96 valence electrons. The van der Waals surface area contributed by atoms with Gasteiger partial charge in [-0.3, -0.25) is 9.59 Å². The summed E-state index contributed by atoms with van der Waals surface area (Å²) in [4.78, 5) is 22.9. The molecule has 2 aliphatic carbocycles. The second kappa shape index (κ2) is 5.49. The second-order valence-corrected chi connectivity index (χ2v) is 5.02. The number of nitrogens with one attached hydrogen (secondary N) is 3. The summed E-state index contributed by atoms with van der Waals surface area (Å²) in [5.74, 6) is 0.466. The van der Waals surface area contributed by atoms with Crippen molar-refractivity contribution in [3.05, 3.63) is 0 Å². The van der Waals surface area contributed by atoms with Crippen molar-refractivity contribution in [2.75, 3.05) is 13.1 Å². The van der Waals surface area contributed by atoms with Crippen LogP contribution in [0.25, 0.3) is 0 Å². The van der Waals surface area contributed by atoms with Crippen molar-refractivity contribution in [3.8, 4) is 0 Å². The van der Waals surface area contributed by atoms with Crippen LogP contribution in [-0.2, 0) is 9.59 Å². The Kier molecular flexibility index (Phi) is 3.99. The quantitative estimate of drug-likeness (QED) is 0.537. The van der Waals surface area contributed by atoms with E-state index >= 15 is 0 Å². The minimum Gasteiger partial charge on any atom is -0.355 e. The predicted molar refractivity (Wildman–Crippen MR) is 64.4 cm³/mol. The fraction of sp³-hybridized carbons (Fsp3) is 0.833. The van der Waals surface area contributed by atoms with E-state index in [9.17, 15) is 9.59 Å². The fourth-order valence-corrected chi connectivity index (χ4v) is 1.61. The van der Waals surface area contributed by atoms with E-state index in [2.05, 4.69) is 16.0 Å². The summed E-state index contributed by atoms with van der Waals surface area (Å²) in [6, 6.07) is 0.217. The van der Waals surface area contributed by atoms with Gasteiger partial charge in [0.05, 0.1) is 6.04 Å². The van der Waals surface area contributed by atoms with Gasteiger partial charge in [-0.1, -0.05) is 0 Å². The number of rotatable bonds is 7. The lowest BCUT2D eigenvalue weighted by Gasteiger charge is -2.13. The van der Waals surface area contributed by atoms with Gasteiger partial charge in [-0.15, -0.1) is 0 Å². The molecule has 2 rings (SSSR count). The summed E-state index contributed by atoms with van der Waals surface area (Å²) in [6.45, 7) is 3.08. The third kappa shape index (κ3) is 4.34. The van der Waals surface area contributed by atoms with E-state index in [0.29, 0.717) is 19.1 Å². The first kappa shape index (κ1) is 12.4. The van der Waals surface area contributed by atoms with Gasteiger partial charge in [-0.25, -0.2) is 0 Å². The molecule has 0 aromatic rings. The maximum Gasteiger partial charge on any atom is 0.237 e. The molecule has 0 aromatic heterocycles. The first-order valence-corrected chi connectivity index (χ1v) is 6.48. The van der Waals surface area contributed by atoms with Gasteiger partial charge in [0, 0.05) is 25.0 Å². The number of carbonyl (C=O) groups is 2. The largest absolute Gasteiger partial charge is 0.355 e. The van der Waals surface area contributed by atoms with Gasteiger partial charge in [0.15, 0.2) is 0 Å². The number of carbonyl (C=O) groups excluding carboxylic acids is 2. The Morgan fingerprint density at radius 3 is 2.47 bits per heavy atom. The van der Waals surface area contributed by atoms with Crippen LogP contribution >= 0.6 is 0 Å². The Morgan fingerprint density at radius 1 is 1.18 bits per heavy atom. The topological polar surface area (TPSA) is 70.2 Å². The molecule has 2 saturated carbocycles. The number of amides is 2. The smallest absolute Gasteiger partial charge is 0.237 e. The first-order chi connectivity index (χ1) is 8.16. The van der Waals surface area contributed by atoms with Crippen LogP contribution in [0, 0.1) is 5.92 Å². The van der Waals surface area contributed by atoms with Gasteiger partial charge in [-0.2, -0.15) is 0 Å². The van der Waals surface area contributed by atoms with Gasteiger partial charge in [0.2, 0.25) is 11.8 Å². The molecule has 0 radical (unpaired) electrons. The zero-order chi connectivity index (χ0) is 12.3. The lowest BCUT2D eigenvalue weighted by atomic mass is 10.3. The highest BCUT2D eigenvalue weighted by Crippen LogP contribution is 2.28. The molecule has 2 aliphatic rings. The zero-order valence-corrected chi connectivity index (χ0v) is 10.3. The van der Waals surface area contributed by atoms with E-state index in [0.717, 1.165) is 25.7 Å². The molecule has 0 saturated heterocycles. The van der Waals surface area contributed by atoms with Crippen molar-refractivity contribution in [1.82, 2.24) is 16.0 Å². The molecule has 17 heavy (non-hydrogen) atoms. The van der Waals surface area contributed by atoms with Crippen molar-refractivity contribution in [2.24, 2.45) is 5.92 Å². The molecular formula is C12H21N3O2. The molecule has 2 fully saturated rings. The monoisotopic (exact) mass is 239 g/mol. The van der Waals surface area contributed by atoms with Crippen LogP contribution in [0.5, 0.6) is 0 Å². The Balaban J connectivity index is 1.50. The van der Waals surface area contributed by atoms with Gasteiger partial charge in [-0.05, 0) is 32.6 Å². The van der Waals surface area contributed by atoms with Crippen LogP contribution in [0.2, 0.25) is 0 Å². The molecule has 0 aliphatic heterocycles. The van der Waals surface area contributed by atoms with Gasteiger partial charge in [0.25, 0.3) is 0 Å². The molecular weight excluding hydrogens is 218 g/mol. The molecule has 1 unspecified atom stereocenters. The van der Waals surface area contributed by atoms with Gasteiger partial charge < -0.3 is 16.0 Å². The van der Waals surface area contributed by atoms with Crippen LogP contribution in [-0.4, -0.2) is 37.0 Å². The van der Waals surface area contributed by atoms with Gasteiger partial charge >= 0.3 is 0 Å². The Bertz CT molecular complexity index is 298. The minimum absolute atomic E-state index is 0.0565. The maximum atomic E-state index is 11.6. The highest BCUT2D eigenvalue weighted by atomic mass is 16.2. The van der Waals surface area contributed by atoms with Crippen molar-refractivity contribution in [2.45, 2.75) is 44.7 Å². The molecule has 5 heteroatoms. The Hall–Kier alpha value is -1.10. The SMILES string of the molecule is CC(NCCNC(=O)C1CC1)C(=O)NC1CC1. The van der Waals surface area contributed by atoms with E-state index < -0.39 is 0 Å². The first-order valence-electron chi connectivity index (χ1n) is 6.48. The molecule has 0 heterocycles. The van der Waals surface area contributed by atoms with E-state index in [1.807, 2.05) is 6.92 Å². The second-order valence-electron chi connectivity index (χ2n) is 5.02. The molecule has 0 aromatic carbocycles. The minimum atomic E-state index is -0.187. The summed E-state index contributed by atoms with van der Waals surface area (Å²) < 4.78 is 0. The van der Waals surface area contributed by atoms with Gasteiger partial charge in [0.1, 0.15) is 0 Å². The van der Waals surface area contributed by atoms with Crippen LogP contribution in [0.4, 0.5) is 0 Å². The molecule has 0 spiro atoms. The highest BCUT2D eigenvalue weighted by Gasteiger charge is 2.29. The highest BCUT2D eigenvalue weighted by molar-refractivity contribution is 5.82. The summed E-state index contributed by atoms with van der Waals surface area (Å²) in [5, 5.41) is 8.91. The number of hydrogen-bond acceptors (Lipinski definition) is 3. The maximum absolute atomic E-state index is 11.6. The van der Waals surface area contributed by atoms with Crippen LogP contribution in [0.15, 0.2) is 0 Å². The predicted octanol–water partition coefficient (Wildman–Crippen LogP) is -0.231. The van der Waals surface area contributed by atoms with E-state index in [4.69, 9.17) is 0 Å². The Labute approximate surface area is 102 Å². The van der Waals surface area contributed by atoms with Crippen molar-refractivity contribution < 1.29 is 9.59 Å². The average Bonchev–Trinajstić information content (AvgIpc) is 3.15. The standard InChI is InChI=1S/C12H21N3O2/c1-8(11(16)15-10-4-5-10)13-6-7-14-12(17)9-2-3-9/h8-10,13H,2-7H2,1H3,(H,14,17)(H,15,16). The molecule has 5 nitrogen and oxygen atoms in total. The lowest BCUT2D eigenvalue weighted by molar-refractivity contribution is -0.122. The third-order valence-electron chi connectivity index (χ3n) is 3.14. The third-order valence-corrected chi connectivity index (χ3v) is 3.14. The summed E-state index contributed by atoms with van der Waals surface area (Å²) >= 11 is 0. The van der Waals surface area contributed by atoms with Crippen LogP contribution in [0.1, 0.15) is 32.6 Å². The van der Waals surface area contributed by atoms with Crippen molar-refractivity contribution >= 4 is 11.8 Å².